The molecular formula is C8H8N4O3S. The zero-order valence-electron chi connectivity index (χ0n) is 8.32. The molecule has 0 spiro atoms. The van der Waals surface area contributed by atoms with E-state index in [1.165, 1.54) is 15.6 Å². The smallest absolute Gasteiger partial charge is 0.365 e. The number of hydrogen-bond acceptors (Lipinski definition) is 5. The summed E-state index contributed by atoms with van der Waals surface area (Å²) in [6.07, 6.45) is 1.40. The van der Waals surface area contributed by atoms with Crippen molar-refractivity contribution in [1.29, 1.82) is 0 Å². The van der Waals surface area contributed by atoms with Gasteiger partial charge in [0.05, 0.1) is 12.2 Å². The van der Waals surface area contributed by atoms with E-state index in [0.717, 1.165) is 11.3 Å². The van der Waals surface area contributed by atoms with Crippen LogP contribution in [0.1, 0.15) is 15.5 Å². The molecule has 16 heavy (non-hydrogen) atoms. The highest BCUT2D eigenvalue weighted by Gasteiger charge is 2.10. The summed E-state index contributed by atoms with van der Waals surface area (Å²) in [7, 11) is 1.59. The van der Waals surface area contributed by atoms with Gasteiger partial charge in [0, 0.05) is 12.4 Å². The van der Waals surface area contributed by atoms with Gasteiger partial charge in [-0.1, -0.05) is 0 Å². The highest BCUT2D eigenvalue weighted by molar-refractivity contribution is 7.11. The maximum atomic E-state index is 11.4. The van der Waals surface area contributed by atoms with Crippen LogP contribution >= 0.6 is 11.3 Å². The number of carboxylic acid groups (broad SMARTS) is 1. The summed E-state index contributed by atoms with van der Waals surface area (Å²) in [6, 6.07) is 0. The van der Waals surface area contributed by atoms with Crippen LogP contribution < -0.4 is 5.69 Å². The Hall–Kier alpha value is -1.96. The minimum atomic E-state index is -1.07. The van der Waals surface area contributed by atoms with Crippen LogP contribution in [-0.2, 0) is 13.6 Å². The van der Waals surface area contributed by atoms with E-state index in [1.54, 1.807) is 12.4 Å². The molecule has 7 nitrogen and oxygen atoms in total. The van der Waals surface area contributed by atoms with Crippen molar-refractivity contribution >= 4 is 17.3 Å². The minimum Gasteiger partial charge on any atom is -0.476 e. The van der Waals surface area contributed by atoms with Crippen molar-refractivity contribution in [1.82, 2.24) is 19.3 Å². The Labute approximate surface area is 93.6 Å². The fraction of sp³-hybridized carbons (Fsp3) is 0.250. The second-order valence-corrected chi connectivity index (χ2v) is 3.99. The number of carbonyl (C=O) groups is 1. The van der Waals surface area contributed by atoms with Crippen molar-refractivity contribution < 1.29 is 9.90 Å². The van der Waals surface area contributed by atoms with E-state index in [9.17, 15) is 9.59 Å². The second-order valence-electron chi connectivity index (χ2n) is 3.13. The van der Waals surface area contributed by atoms with E-state index in [1.807, 2.05) is 0 Å². The first-order chi connectivity index (χ1) is 7.58. The van der Waals surface area contributed by atoms with Crippen LogP contribution in [0.25, 0.3) is 0 Å². The van der Waals surface area contributed by atoms with Crippen LogP contribution in [0, 0.1) is 0 Å². The predicted molar refractivity (Wildman–Crippen MR) is 55.6 cm³/mol. The molecule has 0 fully saturated rings. The molecule has 0 aliphatic heterocycles. The Bertz CT molecular complexity index is 582. The monoisotopic (exact) mass is 240 g/mol. The zero-order chi connectivity index (χ0) is 11.7. The van der Waals surface area contributed by atoms with Crippen molar-refractivity contribution in [2.75, 3.05) is 0 Å². The molecule has 0 aliphatic rings. The molecule has 0 aliphatic carbocycles. The third-order valence-corrected chi connectivity index (χ3v) is 2.81. The lowest BCUT2D eigenvalue weighted by Gasteiger charge is -1.94. The maximum absolute atomic E-state index is 11.4. The molecule has 2 aromatic heterocycles. The Balaban J connectivity index is 2.24. The van der Waals surface area contributed by atoms with Gasteiger partial charge in [-0.15, -0.1) is 11.3 Å². The van der Waals surface area contributed by atoms with Crippen molar-refractivity contribution in [3.8, 4) is 0 Å². The first kappa shape index (κ1) is 10.6. The molecule has 84 valence electrons. The van der Waals surface area contributed by atoms with Crippen LogP contribution in [-0.4, -0.2) is 30.4 Å². The summed E-state index contributed by atoms with van der Waals surface area (Å²) in [5.74, 6) is -1.07. The molecule has 2 aromatic rings. The number of aromatic nitrogens is 4. The molecule has 0 amide bonds. The largest absolute Gasteiger partial charge is 0.476 e. The van der Waals surface area contributed by atoms with Gasteiger partial charge in [0.25, 0.3) is 0 Å². The second kappa shape index (κ2) is 3.89. The Kier molecular flexibility index (Phi) is 2.57. The number of carboxylic acids is 1. The Morgan fingerprint density at radius 3 is 2.88 bits per heavy atom. The van der Waals surface area contributed by atoms with Crippen LogP contribution in [0.4, 0.5) is 0 Å². The molecule has 2 rings (SSSR count). The zero-order valence-corrected chi connectivity index (χ0v) is 9.14. The SMILES string of the molecule is Cn1cnn(Cc2csc(C(=O)O)n2)c1=O. The van der Waals surface area contributed by atoms with E-state index < -0.39 is 5.97 Å². The standard InChI is InChI=1S/C8H8N4O3S/c1-11-4-9-12(8(11)15)2-5-3-16-6(10-5)7(13)14/h3-4H,2H2,1H3,(H,13,14). The highest BCUT2D eigenvalue weighted by atomic mass is 32.1. The lowest BCUT2D eigenvalue weighted by molar-refractivity contribution is 0.0696. The van der Waals surface area contributed by atoms with E-state index in [0.29, 0.717) is 5.69 Å². The number of aromatic carboxylic acids is 1. The number of thiazole rings is 1. The summed E-state index contributed by atoms with van der Waals surface area (Å²) in [4.78, 5) is 25.9. The van der Waals surface area contributed by atoms with Crippen LogP contribution in [0.3, 0.4) is 0 Å². The number of nitrogens with zero attached hydrogens (tertiary/aromatic N) is 4. The first-order valence-electron chi connectivity index (χ1n) is 4.34. The Morgan fingerprint density at radius 2 is 2.38 bits per heavy atom. The van der Waals surface area contributed by atoms with Gasteiger partial charge < -0.3 is 5.11 Å². The van der Waals surface area contributed by atoms with Crippen LogP contribution in [0.2, 0.25) is 0 Å². The summed E-state index contributed by atoms with van der Waals surface area (Å²) >= 11 is 1.03. The normalized spacial score (nSPS) is 10.6. The first-order valence-corrected chi connectivity index (χ1v) is 5.22. The van der Waals surface area contributed by atoms with Gasteiger partial charge in [-0.2, -0.15) is 5.10 Å². The molecule has 0 bridgehead atoms. The van der Waals surface area contributed by atoms with E-state index in [-0.39, 0.29) is 17.2 Å². The molecule has 0 saturated carbocycles. The third-order valence-electron chi connectivity index (χ3n) is 1.93. The van der Waals surface area contributed by atoms with Crippen LogP contribution in [0.5, 0.6) is 0 Å². The molecule has 0 aromatic carbocycles. The molecule has 0 radical (unpaired) electrons. The topological polar surface area (TPSA) is 90.0 Å². The van der Waals surface area contributed by atoms with E-state index in [2.05, 4.69) is 10.1 Å². The molecule has 0 atom stereocenters. The fourth-order valence-electron chi connectivity index (χ4n) is 1.16. The summed E-state index contributed by atoms with van der Waals surface area (Å²) in [6.45, 7) is 0.184. The third kappa shape index (κ3) is 1.87. The summed E-state index contributed by atoms with van der Waals surface area (Å²) in [5.41, 5.74) is 0.257. The van der Waals surface area contributed by atoms with Gasteiger partial charge in [-0.05, 0) is 0 Å². The Morgan fingerprint density at radius 1 is 1.62 bits per heavy atom. The summed E-state index contributed by atoms with van der Waals surface area (Å²) < 4.78 is 2.56. The number of hydrogen-bond donors (Lipinski definition) is 1. The lowest BCUT2D eigenvalue weighted by Crippen LogP contribution is -2.23. The molecule has 8 heteroatoms. The van der Waals surface area contributed by atoms with Crippen LogP contribution in [0.15, 0.2) is 16.5 Å². The van der Waals surface area contributed by atoms with Gasteiger partial charge in [0.2, 0.25) is 5.01 Å². The van der Waals surface area contributed by atoms with Crippen molar-refractivity contribution in [2.45, 2.75) is 6.54 Å². The van der Waals surface area contributed by atoms with E-state index in [4.69, 9.17) is 5.11 Å². The fourth-order valence-corrected chi connectivity index (χ4v) is 1.81. The maximum Gasteiger partial charge on any atom is 0.365 e. The number of aryl methyl sites for hydroxylation is 1. The average Bonchev–Trinajstić information content (AvgIpc) is 2.81. The van der Waals surface area contributed by atoms with Gasteiger partial charge in [0.1, 0.15) is 6.33 Å². The summed E-state index contributed by atoms with van der Waals surface area (Å²) in [5, 5.41) is 14.1. The van der Waals surface area contributed by atoms with Crippen molar-refractivity contribution in [3.63, 3.8) is 0 Å². The van der Waals surface area contributed by atoms with E-state index >= 15 is 0 Å². The molecule has 0 saturated heterocycles. The molecular weight excluding hydrogens is 232 g/mol. The minimum absolute atomic E-state index is 0.0129. The van der Waals surface area contributed by atoms with Crippen molar-refractivity contribution in [2.24, 2.45) is 7.05 Å². The highest BCUT2D eigenvalue weighted by Crippen LogP contribution is 2.09. The van der Waals surface area contributed by atoms with Gasteiger partial charge in [-0.25, -0.2) is 19.3 Å². The average molecular weight is 240 g/mol. The van der Waals surface area contributed by atoms with Gasteiger partial charge in [-0.3, -0.25) is 4.57 Å². The predicted octanol–water partition coefficient (Wildman–Crippen LogP) is -0.215. The lowest BCUT2D eigenvalue weighted by atomic mass is 10.5. The quantitative estimate of drug-likeness (QED) is 0.801. The van der Waals surface area contributed by atoms with Gasteiger partial charge >= 0.3 is 11.7 Å². The number of rotatable bonds is 3. The van der Waals surface area contributed by atoms with Gasteiger partial charge in [0.15, 0.2) is 0 Å². The molecule has 0 unspecified atom stereocenters. The van der Waals surface area contributed by atoms with Crippen molar-refractivity contribution in [3.05, 3.63) is 32.9 Å². The molecule has 2 heterocycles. The molecule has 1 N–H and O–H groups in total.